The van der Waals surface area contributed by atoms with Crippen molar-refractivity contribution in [2.24, 2.45) is 0 Å². The van der Waals surface area contributed by atoms with Crippen molar-refractivity contribution in [2.75, 3.05) is 10.6 Å². The fourth-order valence-electron chi connectivity index (χ4n) is 2.17. The Morgan fingerprint density at radius 2 is 1.31 bits per heavy atom. The lowest BCUT2D eigenvalue weighted by Gasteiger charge is -2.08. The van der Waals surface area contributed by atoms with Gasteiger partial charge in [0.1, 0.15) is 11.5 Å². The average molecular weight is 411 g/mol. The van der Waals surface area contributed by atoms with Crippen molar-refractivity contribution in [1.29, 1.82) is 0 Å². The Kier molecular flexibility index (Phi) is 5.66. The number of para-hydroxylation sites is 1. The number of ether oxygens (including phenoxy) is 1. The largest absolute Gasteiger partial charge is 0.457 e. The van der Waals surface area contributed by atoms with E-state index in [0.717, 1.165) is 10.2 Å². The topological polar surface area (TPSA) is 67.4 Å². The zero-order chi connectivity index (χ0) is 18.4. The molecule has 2 N–H and O–H groups in total. The van der Waals surface area contributed by atoms with Crippen LogP contribution in [0.1, 0.15) is 0 Å². The average Bonchev–Trinajstić information content (AvgIpc) is 2.64. The highest BCUT2D eigenvalue weighted by Crippen LogP contribution is 2.22. The van der Waals surface area contributed by atoms with Gasteiger partial charge < -0.3 is 15.4 Å². The Bertz CT molecular complexity index is 912. The molecule has 0 saturated carbocycles. The van der Waals surface area contributed by atoms with Crippen LogP contribution in [0.25, 0.3) is 0 Å². The minimum atomic E-state index is -0.748. The van der Waals surface area contributed by atoms with Gasteiger partial charge in [0, 0.05) is 15.8 Å². The molecule has 0 heterocycles. The van der Waals surface area contributed by atoms with Gasteiger partial charge >= 0.3 is 11.8 Å². The number of benzene rings is 3. The molecule has 0 unspecified atom stereocenters. The van der Waals surface area contributed by atoms with Crippen LogP contribution in [0.3, 0.4) is 0 Å². The molecule has 0 atom stereocenters. The van der Waals surface area contributed by atoms with E-state index in [-0.39, 0.29) is 0 Å². The minimum Gasteiger partial charge on any atom is -0.457 e. The highest BCUT2D eigenvalue weighted by atomic mass is 79.9. The van der Waals surface area contributed by atoms with E-state index in [1.54, 1.807) is 42.5 Å². The van der Waals surface area contributed by atoms with Crippen molar-refractivity contribution in [3.63, 3.8) is 0 Å². The summed E-state index contributed by atoms with van der Waals surface area (Å²) in [5.41, 5.74) is 1.03. The molecule has 0 aliphatic rings. The summed E-state index contributed by atoms with van der Waals surface area (Å²) in [7, 11) is 0. The molecule has 3 aromatic rings. The minimum absolute atomic E-state index is 0.500. The Hall–Kier alpha value is -3.12. The summed E-state index contributed by atoms with van der Waals surface area (Å²) in [6.45, 7) is 0. The van der Waals surface area contributed by atoms with Crippen LogP contribution in [0, 0.1) is 0 Å². The van der Waals surface area contributed by atoms with Crippen LogP contribution in [0.2, 0.25) is 0 Å². The van der Waals surface area contributed by atoms with Crippen molar-refractivity contribution in [1.82, 2.24) is 0 Å². The predicted molar refractivity (Wildman–Crippen MR) is 104 cm³/mol. The molecule has 26 heavy (non-hydrogen) atoms. The van der Waals surface area contributed by atoms with Gasteiger partial charge in [0.25, 0.3) is 0 Å². The number of nitrogens with one attached hydrogen (secondary N) is 2. The van der Waals surface area contributed by atoms with Crippen molar-refractivity contribution in [3.05, 3.63) is 83.3 Å². The van der Waals surface area contributed by atoms with Gasteiger partial charge in [-0.1, -0.05) is 40.2 Å². The summed E-state index contributed by atoms with van der Waals surface area (Å²) >= 11 is 3.31. The molecule has 0 aliphatic heterocycles. The second kappa shape index (κ2) is 8.31. The highest BCUT2D eigenvalue weighted by molar-refractivity contribution is 9.10. The normalized spacial score (nSPS) is 10.0. The third-order valence-corrected chi connectivity index (χ3v) is 3.87. The zero-order valence-corrected chi connectivity index (χ0v) is 15.2. The van der Waals surface area contributed by atoms with Gasteiger partial charge in [0.05, 0.1) is 0 Å². The van der Waals surface area contributed by atoms with E-state index < -0.39 is 11.8 Å². The molecule has 3 aromatic carbocycles. The molecule has 0 bridgehead atoms. The Morgan fingerprint density at radius 1 is 0.692 bits per heavy atom. The molecule has 0 spiro atoms. The summed E-state index contributed by atoms with van der Waals surface area (Å²) in [6, 6.07) is 23.1. The number of hydrogen-bond acceptors (Lipinski definition) is 3. The van der Waals surface area contributed by atoms with Crippen LogP contribution in [0.15, 0.2) is 83.3 Å². The SMILES string of the molecule is O=C(Nc1ccc(Oc2ccccc2)cc1)C(=O)Nc1cccc(Br)c1. The molecule has 0 radical (unpaired) electrons. The van der Waals surface area contributed by atoms with Gasteiger partial charge in [-0.25, -0.2) is 0 Å². The van der Waals surface area contributed by atoms with E-state index in [9.17, 15) is 9.59 Å². The van der Waals surface area contributed by atoms with Gasteiger partial charge in [-0.2, -0.15) is 0 Å². The van der Waals surface area contributed by atoms with Crippen molar-refractivity contribution >= 4 is 39.1 Å². The van der Waals surface area contributed by atoms with E-state index in [1.807, 2.05) is 36.4 Å². The van der Waals surface area contributed by atoms with Crippen LogP contribution < -0.4 is 15.4 Å². The fraction of sp³-hybridized carbons (Fsp3) is 0. The number of amides is 2. The Balaban J connectivity index is 1.58. The molecule has 0 aliphatic carbocycles. The maximum atomic E-state index is 12.0. The smallest absolute Gasteiger partial charge is 0.314 e. The number of rotatable bonds is 4. The first-order chi connectivity index (χ1) is 12.6. The van der Waals surface area contributed by atoms with E-state index in [4.69, 9.17) is 4.74 Å². The monoisotopic (exact) mass is 410 g/mol. The number of carbonyl (C=O) groups is 2. The van der Waals surface area contributed by atoms with Crippen LogP contribution in [-0.2, 0) is 9.59 Å². The molecule has 0 saturated heterocycles. The first-order valence-electron chi connectivity index (χ1n) is 7.81. The van der Waals surface area contributed by atoms with Crippen LogP contribution in [0.4, 0.5) is 11.4 Å². The van der Waals surface area contributed by atoms with Gasteiger partial charge in [-0.05, 0) is 54.6 Å². The molecule has 2 amide bonds. The number of carbonyl (C=O) groups excluding carboxylic acids is 2. The second-order valence-corrected chi connectivity index (χ2v) is 6.27. The molecule has 6 heteroatoms. The maximum absolute atomic E-state index is 12.0. The summed E-state index contributed by atoms with van der Waals surface area (Å²) in [5, 5.41) is 5.09. The first kappa shape index (κ1) is 17.7. The molecular weight excluding hydrogens is 396 g/mol. The van der Waals surface area contributed by atoms with Crippen LogP contribution in [0.5, 0.6) is 11.5 Å². The lowest BCUT2D eigenvalue weighted by Crippen LogP contribution is -2.29. The lowest BCUT2D eigenvalue weighted by atomic mass is 10.3. The standard InChI is InChI=1S/C20H15BrN2O3/c21-14-5-4-6-16(13-14)23-20(25)19(24)22-15-9-11-18(12-10-15)26-17-7-2-1-3-8-17/h1-13H,(H,22,24)(H,23,25). The molecule has 0 fully saturated rings. The van der Waals surface area contributed by atoms with Gasteiger partial charge in [-0.15, -0.1) is 0 Å². The number of halogens is 1. The van der Waals surface area contributed by atoms with Crippen molar-refractivity contribution in [2.45, 2.75) is 0 Å². The molecule has 3 rings (SSSR count). The summed E-state index contributed by atoms with van der Waals surface area (Å²) in [5.74, 6) is -0.139. The summed E-state index contributed by atoms with van der Waals surface area (Å²) < 4.78 is 6.49. The lowest BCUT2D eigenvalue weighted by molar-refractivity contribution is -0.132. The zero-order valence-electron chi connectivity index (χ0n) is 13.6. The molecule has 5 nitrogen and oxygen atoms in total. The van der Waals surface area contributed by atoms with Gasteiger partial charge in [0.15, 0.2) is 0 Å². The van der Waals surface area contributed by atoms with Crippen LogP contribution in [-0.4, -0.2) is 11.8 Å². The summed E-state index contributed by atoms with van der Waals surface area (Å²) in [6.07, 6.45) is 0. The molecule has 130 valence electrons. The van der Waals surface area contributed by atoms with Crippen LogP contribution >= 0.6 is 15.9 Å². The van der Waals surface area contributed by atoms with E-state index in [2.05, 4.69) is 26.6 Å². The maximum Gasteiger partial charge on any atom is 0.314 e. The molecule has 0 aromatic heterocycles. The number of anilines is 2. The Morgan fingerprint density at radius 3 is 1.96 bits per heavy atom. The Labute approximate surface area is 159 Å². The van der Waals surface area contributed by atoms with Crippen molar-refractivity contribution in [3.8, 4) is 11.5 Å². The summed E-state index contributed by atoms with van der Waals surface area (Å²) in [4.78, 5) is 24.0. The van der Waals surface area contributed by atoms with Gasteiger partial charge in [0.2, 0.25) is 0 Å². The highest BCUT2D eigenvalue weighted by Gasteiger charge is 2.14. The molecular formula is C20H15BrN2O3. The third kappa shape index (κ3) is 4.94. The van der Waals surface area contributed by atoms with E-state index in [0.29, 0.717) is 17.1 Å². The second-order valence-electron chi connectivity index (χ2n) is 5.36. The predicted octanol–water partition coefficient (Wildman–Crippen LogP) is 4.82. The van der Waals surface area contributed by atoms with Gasteiger partial charge in [-0.3, -0.25) is 9.59 Å². The number of hydrogen-bond donors (Lipinski definition) is 2. The van der Waals surface area contributed by atoms with E-state index in [1.165, 1.54) is 0 Å². The fourth-order valence-corrected chi connectivity index (χ4v) is 2.57. The van der Waals surface area contributed by atoms with Crippen molar-refractivity contribution < 1.29 is 14.3 Å². The first-order valence-corrected chi connectivity index (χ1v) is 8.60. The third-order valence-electron chi connectivity index (χ3n) is 3.38. The quantitative estimate of drug-likeness (QED) is 0.605. The van der Waals surface area contributed by atoms with E-state index >= 15 is 0 Å².